The molecule has 0 atom stereocenters. The summed E-state index contributed by atoms with van der Waals surface area (Å²) < 4.78 is 12.0. The number of hydrogen-bond acceptors (Lipinski definition) is 5. The van der Waals surface area contributed by atoms with Crippen LogP contribution in [0.2, 0.25) is 0 Å². The summed E-state index contributed by atoms with van der Waals surface area (Å²) in [6.07, 6.45) is 1.50. The van der Waals surface area contributed by atoms with Gasteiger partial charge in [0.25, 0.3) is 5.91 Å². The first-order chi connectivity index (χ1) is 16.9. The minimum Gasteiger partial charge on any atom is -0.482 e. The van der Waals surface area contributed by atoms with Gasteiger partial charge in [-0.3, -0.25) is 4.79 Å². The van der Waals surface area contributed by atoms with Crippen molar-refractivity contribution in [1.29, 1.82) is 0 Å². The van der Waals surface area contributed by atoms with Gasteiger partial charge in [0.15, 0.2) is 6.61 Å². The number of amides is 1. The third kappa shape index (κ3) is 6.13. The number of hydrazone groups is 1. The zero-order valence-electron chi connectivity index (χ0n) is 19.2. The van der Waals surface area contributed by atoms with Gasteiger partial charge < -0.3 is 9.47 Å². The van der Waals surface area contributed by atoms with E-state index in [1.165, 1.54) is 6.21 Å². The highest BCUT2D eigenvalue weighted by Gasteiger charge is 2.12. The van der Waals surface area contributed by atoms with Crippen molar-refractivity contribution in [1.82, 2.24) is 5.43 Å². The van der Waals surface area contributed by atoms with Crippen LogP contribution in [-0.4, -0.2) is 24.7 Å². The Bertz CT molecular complexity index is 1390. The van der Waals surface area contributed by atoms with E-state index >= 15 is 0 Å². The zero-order chi connectivity index (χ0) is 24.8. The Balaban J connectivity index is 1.31. The van der Waals surface area contributed by atoms with Gasteiger partial charge in [-0.2, -0.15) is 5.10 Å². The van der Waals surface area contributed by atoms with E-state index in [9.17, 15) is 9.59 Å². The molecule has 1 amide bonds. The Labute approximate surface area is 211 Å². The molecule has 0 radical (unpaired) electrons. The van der Waals surface area contributed by atoms with Crippen molar-refractivity contribution in [3.63, 3.8) is 0 Å². The van der Waals surface area contributed by atoms with E-state index in [2.05, 4.69) is 26.5 Å². The fourth-order valence-electron chi connectivity index (χ4n) is 3.62. The van der Waals surface area contributed by atoms with Crippen molar-refractivity contribution >= 4 is 44.8 Å². The normalized spacial score (nSPS) is 10.9. The van der Waals surface area contributed by atoms with Crippen molar-refractivity contribution < 1.29 is 19.1 Å². The number of ether oxygens (including phenoxy) is 2. The number of carbonyl (C=O) groups is 2. The average Bonchev–Trinajstić information content (AvgIpc) is 2.84. The monoisotopic (exact) mass is 530 g/mol. The molecule has 0 aromatic heterocycles. The van der Waals surface area contributed by atoms with Crippen LogP contribution in [0, 0.1) is 13.8 Å². The minimum atomic E-state index is -0.425. The lowest BCUT2D eigenvalue weighted by Gasteiger charge is -2.11. The predicted molar refractivity (Wildman–Crippen MR) is 140 cm³/mol. The third-order valence-corrected chi connectivity index (χ3v) is 5.81. The molecule has 0 aliphatic rings. The van der Waals surface area contributed by atoms with Crippen LogP contribution in [0.4, 0.5) is 0 Å². The largest absolute Gasteiger partial charge is 0.482 e. The zero-order valence-corrected chi connectivity index (χ0v) is 20.8. The van der Waals surface area contributed by atoms with E-state index in [1.807, 2.05) is 62.4 Å². The van der Waals surface area contributed by atoms with Crippen LogP contribution >= 0.6 is 15.9 Å². The summed E-state index contributed by atoms with van der Waals surface area (Å²) in [4.78, 5) is 24.7. The van der Waals surface area contributed by atoms with Gasteiger partial charge in [0, 0.05) is 0 Å². The topological polar surface area (TPSA) is 77.0 Å². The highest BCUT2D eigenvalue weighted by Crippen LogP contribution is 2.30. The molecular weight excluding hydrogens is 508 g/mol. The average molecular weight is 531 g/mol. The second-order valence-electron chi connectivity index (χ2n) is 7.96. The van der Waals surface area contributed by atoms with Crippen LogP contribution in [0.1, 0.15) is 27.0 Å². The number of fused-ring (bicyclic) bond motifs is 1. The summed E-state index contributed by atoms with van der Waals surface area (Å²) in [5, 5.41) is 5.78. The Morgan fingerprint density at radius 3 is 2.49 bits per heavy atom. The summed E-state index contributed by atoms with van der Waals surface area (Å²) in [7, 11) is 0. The number of nitrogens with one attached hydrogen (secondary N) is 1. The Kier molecular flexibility index (Phi) is 7.57. The predicted octanol–water partition coefficient (Wildman–Crippen LogP) is 5.97. The highest BCUT2D eigenvalue weighted by molar-refractivity contribution is 9.10. The molecule has 0 saturated heterocycles. The first-order valence-electron chi connectivity index (χ1n) is 10.9. The van der Waals surface area contributed by atoms with Gasteiger partial charge in [-0.15, -0.1) is 0 Å². The van der Waals surface area contributed by atoms with Gasteiger partial charge in [-0.1, -0.05) is 42.5 Å². The molecule has 0 aliphatic heterocycles. The van der Waals surface area contributed by atoms with E-state index in [1.54, 1.807) is 30.3 Å². The van der Waals surface area contributed by atoms with Crippen LogP contribution in [-0.2, 0) is 4.79 Å². The highest BCUT2D eigenvalue weighted by atomic mass is 79.9. The molecule has 4 rings (SSSR count). The van der Waals surface area contributed by atoms with Crippen molar-refractivity contribution in [3.8, 4) is 11.5 Å². The lowest BCUT2D eigenvalue weighted by molar-refractivity contribution is -0.123. The fraction of sp³-hybridized carbons (Fsp3) is 0.107. The van der Waals surface area contributed by atoms with Crippen LogP contribution in [0.25, 0.3) is 10.8 Å². The molecule has 0 bridgehead atoms. The molecule has 6 nitrogen and oxygen atoms in total. The molecule has 35 heavy (non-hydrogen) atoms. The fourth-order valence-corrected chi connectivity index (χ4v) is 4.41. The molecule has 0 saturated carbocycles. The number of esters is 1. The standard InChI is InChI=1S/C28H23BrN2O4/c1-18-14-19(2)27(25(29)15-18)34-17-26(32)31-30-16-20-10-12-22(13-11-20)35-28(33)24-9-5-7-21-6-3-4-8-23(21)24/h3-16H,17H2,1-2H3,(H,31,32)/b30-16-. The summed E-state index contributed by atoms with van der Waals surface area (Å²) in [5.74, 6) is 0.236. The summed E-state index contributed by atoms with van der Waals surface area (Å²) in [6, 6.07) is 23.9. The number of nitrogens with zero attached hydrogens (tertiary/aromatic N) is 1. The smallest absolute Gasteiger partial charge is 0.344 e. The Hall–Kier alpha value is -3.97. The second kappa shape index (κ2) is 11.0. The van der Waals surface area contributed by atoms with Crippen LogP contribution < -0.4 is 14.9 Å². The van der Waals surface area contributed by atoms with Crippen molar-refractivity contribution in [2.75, 3.05) is 6.61 Å². The number of carbonyl (C=O) groups excluding carboxylic acids is 2. The number of hydrogen-bond donors (Lipinski definition) is 1. The molecule has 4 aromatic rings. The van der Waals surface area contributed by atoms with Gasteiger partial charge in [0.05, 0.1) is 16.3 Å². The van der Waals surface area contributed by atoms with Crippen LogP contribution in [0.15, 0.2) is 88.4 Å². The van der Waals surface area contributed by atoms with Gasteiger partial charge in [0.1, 0.15) is 11.5 Å². The molecule has 0 unspecified atom stereocenters. The van der Waals surface area contributed by atoms with Crippen molar-refractivity contribution in [3.05, 3.63) is 106 Å². The molecule has 176 valence electrons. The SMILES string of the molecule is Cc1cc(C)c(OCC(=O)N/N=C\c2ccc(OC(=O)c3cccc4ccccc34)cc2)c(Br)c1. The Morgan fingerprint density at radius 1 is 0.971 bits per heavy atom. The maximum atomic E-state index is 12.7. The molecule has 0 fully saturated rings. The van der Waals surface area contributed by atoms with Gasteiger partial charge in [0.2, 0.25) is 0 Å². The van der Waals surface area contributed by atoms with E-state index in [0.717, 1.165) is 31.9 Å². The van der Waals surface area contributed by atoms with Crippen LogP contribution in [0.5, 0.6) is 11.5 Å². The van der Waals surface area contributed by atoms with Crippen LogP contribution in [0.3, 0.4) is 0 Å². The van der Waals surface area contributed by atoms with E-state index < -0.39 is 5.97 Å². The molecule has 1 N–H and O–H groups in total. The minimum absolute atomic E-state index is 0.164. The molecule has 4 aromatic carbocycles. The van der Waals surface area contributed by atoms with E-state index in [-0.39, 0.29) is 12.5 Å². The lowest BCUT2D eigenvalue weighted by atomic mass is 10.0. The molecule has 0 heterocycles. The van der Waals surface area contributed by atoms with E-state index in [4.69, 9.17) is 9.47 Å². The maximum absolute atomic E-state index is 12.7. The maximum Gasteiger partial charge on any atom is 0.344 e. The molecular formula is C28H23BrN2O4. The number of benzene rings is 4. The lowest BCUT2D eigenvalue weighted by Crippen LogP contribution is -2.24. The first-order valence-corrected chi connectivity index (χ1v) is 11.7. The summed E-state index contributed by atoms with van der Waals surface area (Å²) >= 11 is 3.46. The third-order valence-electron chi connectivity index (χ3n) is 5.22. The second-order valence-corrected chi connectivity index (χ2v) is 8.81. The molecule has 7 heteroatoms. The van der Waals surface area contributed by atoms with Gasteiger partial charge in [-0.05, 0) is 93.6 Å². The van der Waals surface area contributed by atoms with Crippen molar-refractivity contribution in [2.24, 2.45) is 5.10 Å². The molecule has 0 spiro atoms. The number of rotatable bonds is 7. The van der Waals surface area contributed by atoms with Gasteiger partial charge >= 0.3 is 5.97 Å². The molecule has 0 aliphatic carbocycles. The van der Waals surface area contributed by atoms with E-state index in [0.29, 0.717) is 17.1 Å². The Morgan fingerprint density at radius 2 is 1.71 bits per heavy atom. The number of aryl methyl sites for hydroxylation is 2. The first kappa shape index (κ1) is 24.2. The quantitative estimate of drug-likeness (QED) is 0.138. The summed E-state index contributed by atoms with van der Waals surface area (Å²) in [6.45, 7) is 3.75. The van der Waals surface area contributed by atoms with Crippen molar-refractivity contribution in [2.45, 2.75) is 13.8 Å². The van der Waals surface area contributed by atoms with Gasteiger partial charge in [-0.25, -0.2) is 10.2 Å². The number of halogens is 1. The summed E-state index contributed by atoms with van der Waals surface area (Å²) in [5.41, 5.74) is 5.72.